The van der Waals surface area contributed by atoms with Gasteiger partial charge in [0.2, 0.25) is 5.91 Å². The van der Waals surface area contributed by atoms with E-state index in [-0.39, 0.29) is 5.91 Å². The van der Waals surface area contributed by atoms with Crippen molar-refractivity contribution in [2.24, 2.45) is 0 Å². The van der Waals surface area contributed by atoms with Gasteiger partial charge in [0.1, 0.15) is 0 Å². The zero-order valence-electron chi connectivity index (χ0n) is 7.77. The molecule has 0 aromatic rings. The molecule has 0 atom stereocenters. The second-order valence-corrected chi connectivity index (χ2v) is 3.64. The average molecular weight is 188 g/mol. The van der Waals surface area contributed by atoms with Crippen molar-refractivity contribution in [2.45, 2.75) is 25.7 Å². The van der Waals surface area contributed by atoms with Gasteiger partial charge in [-0.3, -0.25) is 4.79 Å². The summed E-state index contributed by atoms with van der Waals surface area (Å²) in [5.74, 6) is 1.29. The molecule has 0 fully saturated rings. The predicted molar refractivity (Wildman–Crippen MR) is 55.2 cm³/mol. The van der Waals surface area contributed by atoms with Crippen LogP contribution in [0.15, 0.2) is 0 Å². The summed E-state index contributed by atoms with van der Waals surface area (Å²) in [7, 11) is 0. The minimum atomic E-state index is 0.166. The molecule has 0 saturated heterocycles. The van der Waals surface area contributed by atoms with Crippen molar-refractivity contribution in [1.29, 1.82) is 0 Å². The molecule has 3 heteroatoms. The molecule has 0 aliphatic carbocycles. The lowest BCUT2D eigenvalue weighted by Gasteiger charge is -2.02. The number of hydrogen-bond acceptors (Lipinski definition) is 2. The summed E-state index contributed by atoms with van der Waals surface area (Å²) < 4.78 is 0. The Morgan fingerprint density at radius 3 is 2.83 bits per heavy atom. The van der Waals surface area contributed by atoms with Gasteiger partial charge in [0.25, 0.3) is 0 Å². The number of rotatable bonds is 7. The Morgan fingerprint density at radius 1 is 1.50 bits per heavy atom. The van der Waals surface area contributed by atoms with Crippen LogP contribution in [0.3, 0.4) is 0 Å². The molecular weight excluding hydrogens is 170 g/mol. The number of carbonyl (C=O) groups excluding carboxylic acids is 1. The summed E-state index contributed by atoms with van der Waals surface area (Å²) in [6, 6.07) is 0. The van der Waals surface area contributed by atoms with E-state index in [1.165, 1.54) is 0 Å². The van der Waals surface area contributed by atoms with Crippen LogP contribution in [0, 0.1) is 6.92 Å². The second kappa shape index (κ2) is 8.91. The first kappa shape index (κ1) is 11.8. The summed E-state index contributed by atoms with van der Waals surface area (Å²) in [4.78, 5) is 11.0. The van der Waals surface area contributed by atoms with Crippen LogP contribution >= 0.6 is 11.8 Å². The minimum Gasteiger partial charge on any atom is -0.356 e. The van der Waals surface area contributed by atoms with E-state index >= 15 is 0 Å². The van der Waals surface area contributed by atoms with E-state index < -0.39 is 0 Å². The molecule has 0 aromatic carbocycles. The summed E-state index contributed by atoms with van der Waals surface area (Å²) in [5.41, 5.74) is 0. The number of nitrogens with one attached hydrogen (secondary N) is 1. The fraction of sp³-hybridized carbons (Fsp3) is 0.778. The molecule has 0 spiro atoms. The smallest absolute Gasteiger partial charge is 0.219 e. The summed E-state index contributed by atoms with van der Waals surface area (Å²) >= 11 is 1.81. The van der Waals surface area contributed by atoms with Gasteiger partial charge in [-0.15, -0.1) is 0 Å². The normalized spacial score (nSPS) is 9.83. The number of amides is 1. The zero-order chi connectivity index (χ0) is 9.23. The molecule has 0 bridgehead atoms. The van der Waals surface area contributed by atoms with Gasteiger partial charge >= 0.3 is 0 Å². The van der Waals surface area contributed by atoms with E-state index in [1.807, 2.05) is 11.8 Å². The van der Waals surface area contributed by atoms with Crippen molar-refractivity contribution in [2.75, 3.05) is 18.6 Å². The van der Waals surface area contributed by atoms with Crippen LogP contribution in [-0.2, 0) is 4.79 Å². The molecule has 0 aromatic heterocycles. The predicted octanol–water partition coefficient (Wildman–Crippen LogP) is 1.86. The van der Waals surface area contributed by atoms with Crippen molar-refractivity contribution in [1.82, 2.24) is 5.32 Å². The third-order valence-corrected chi connectivity index (χ3v) is 2.20. The van der Waals surface area contributed by atoms with Crippen LogP contribution in [0.2, 0.25) is 0 Å². The molecule has 1 radical (unpaired) electrons. The molecule has 1 amide bonds. The summed E-state index contributed by atoms with van der Waals surface area (Å²) in [6.45, 7) is 4.50. The molecule has 0 heterocycles. The fourth-order valence-electron chi connectivity index (χ4n) is 0.818. The monoisotopic (exact) mass is 188 g/mol. The third-order valence-electron chi connectivity index (χ3n) is 1.50. The van der Waals surface area contributed by atoms with Gasteiger partial charge in [0.05, 0.1) is 0 Å². The quantitative estimate of drug-likeness (QED) is 0.618. The Labute approximate surface area is 79.5 Å². The van der Waals surface area contributed by atoms with E-state index in [9.17, 15) is 4.79 Å². The fourth-order valence-corrected chi connectivity index (χ4v) is 1.25. The minimum absolute atomic E-state index is 0.166. The first-order chi connectivity index (χ1) is 5.81. The van der Waals surface area contributed by atoms with E-state index in [0.717, 1.165) is 31.6 Å². The summed E-state index contributed by atoms with van der Waals surface area (Å²) in [6.07, 6.45) is 5.51. The van der Waals surface area contributed by atoms with Crippen LogP contribution < -0.4 is 5.32 Å². The first-order valence-corrected chi connectivity index (χ1v) is 5.75. The first-order valence-electron chi connectivity index (χ1n) is 4.36. The molecule has 0 aliphatic heterocycles. The zero-order valence-corrected chi connectivity index (χ0v) is 8.58. The second-order valence-electron chi connectivity index (χ2n) is 2.65. The van der Waals surface area contributed by atoms with Crippen molar-refractivity contribution in [3.63, 3.8) is 0 Å². The largest absolute Gasteiger partial charge is 0.356 e. The Hall–Kier alpha value is -0.180. The summed E-state index contributed by atoms with van der Waals surface area (Å²) in [5, 5.41) is 2.87. The molecule has 1 N–H and O–H groups in total. The number of hydrogen-bond donors (Lipinski definition) is 1. The van der Waals surface area contributed by atoms with Gasteiger partial charge in [-0.25, -0.2) is 0 Å². The van der Waals surface area contributed by atoms with Crippen molar-refractivity contribution >= 4 is 17.7 Å². The Bertz CT molecular complexity index is 117. The van der Waals surface area contributed by atoms with Crippen LogP contribution in [0.5, 0.6) is 0 Å². The lowest BCUT2D eigenvalue weighted by atomic mass is 10.2. The lowest BCUT2D eigenvalue weighted by molar-refractivity contribution is -0.121. The number of thioether (sulfide) groups is 1. The maximum absolute atomic E-state index is 11.0. The highest BCUT2D eigenvalue weighted by Gasteiger charge is 1.97. The van der Waals surface area contributed by atoms with E-state index in [4.69, 9.17) is 0 Å². The SMILES string of the molecule is [CH2]CCCC(=O)NCCCSC. The van der Waals surface area contributed by atoms with E-state index in [2.05, 4.69) is 18.5 Å². The van der Waals surface area contributed by atoms with Crippen LogP contribution in [-0.4, -0.2) is 24.5 Å². The van der Waals surface area contributed by atoms with Gasteiger partial charge < -0.3 is 5.32 Å². The number of unbranched alkanes of at least 4 members (excludes halogenated alkanes) is 1. The third kappa shape index (κ3) is 7.92. The topological polar surface area (TPSA) is 29.1 Å². The van der Waals surface area contributed by atoms with Gasteiger partial charge in [0, 0.05) is 13.0 Å². The molecule has 2 nitrogen and oxygen atoms in total. The lowest BCUT2D eigenvalue weighted by Crippen LogP contribution is -2.24. The molecule has 0 rings (SSSR count). The molecule has 0 unspecified atom stereocenters. The maximum Gasteiger partial charge on any atom is 0.219 e. The van der Waals surface area contributed by atoms with Crippen molar-refractivity contribution in [3.05, 3.63) is 6.92 Å². The van der Waals surface area contributed by atoms with E-state index in [1.54, 1.807) is 0 Å². The van der Waals surface area contributed by atoms with Crippen LogP contribution in [0.4, 0.5) is 0 Å². The highest BCUT2D eigenvalue weighted by atomic mass is 32.2. The molecule has 0 saturated carbocycles. The average Bonchev–Trinajstić information content (AvgIpc) is 2.09. The van der Waals surface area contributed by atoms with Gasteiger partial charge in [-0.2, -0.15) is 11.8 Å². The van der Waals surface area contributed by atoms with Crippen LogP contribution in [0.1, 0.15) is 25.7 Å². The Balaban J connectivity index is 3.08. The molecule has 12 heavy (non-hydrogen) atoms. The Morgan fingerprint density at radius 2 is 2.25 bits per heavy atom. The molecular formula is C9H18NOS. The Kier molecular flexibility index (Phi) is 8.78. The van der Waals surface area contributed by atoms with Gasteiger partial charge in [-0.1, -0.05) is 13.3 Å². The van der Waals surface area contributed by atoms with Crippen molar-refractivity contribution < 1.29 is 4.79 Å². The standard InChI is InChI=1S/C9H18NOS/c1-3-4-6-9(11)10-7-5-8-12-2/h1,3-8H2,2H3,(H,10,11). The van der Waals surface area contributed by atoms with Gasteiger partial charge in [0.15, 0.2) is 0 Å². The number of carbonyl (C=O) groups is 1. The molecule has 0 aliphatic rings. The molecule has 71 valence electrons. The highest BCUT2D eigenvalue weighted by molar-refractivity contribution is 7.98. The highest BCUT2D eigenvalue weighted by Crippen LogP contribution is 1.95. The maximum atomic E-state index is 11.0. The van der Waals surface area contributed by atoms with Crippen molar-refractivity contribution in [3.8, 4) is 0 Å². The van der Waals surface area contributed by atoms with Gasteiger partial charge in [-0.05, 0) is 24.9 Å². The van der Waals surface area contributed by atoms with Crippen LogP contribution in [0.25, 0.3) is 0 Å². The van der Waals surface area contributed by atoms with E-state index in [0.29, 0.717) is 6.42 Å².